The van der Waals surface area contributed by atoms with E-state index in [0.29, 0.717) is 31.1 Å². The Morgan fingerprint density at radius 3 is 2.62 bits per heavy atom. The zero-order valence-corrected chi connectivity index (χ0v) is 17.9. The van der Waals surface area contributed by atoms with E-state index in [1.54, 1.807) is 12.1 Å². The van der Waals surface area contributed by atoms with Crippen LogP contribution in [0.15, 0.2) is 54.6 Å². The molecule has 3 aromatic heterocycles. The summed E-state index contributed by atoms with van der Waals surface area (Å²) < 4.78 is 22.9. The number of benzene rings is 2. The van der Waals surface area contributed by atoms with Crippen molar-refractivity contribution in [3.8, 4) is 5.69 Å². The second-order valence-corrected chi connectivity index (χ2v) is 7.63. The number of nitrogens with two attached hydrogens (primary N) is 1. The predicted octanol–water partition coefficient (Wildman–Crippen LogP) is 4.38. The van der Waals surface area contributed by atoms with E-state index in [1.165, 1.54) is 12.1 Å². The van der Waals surface area contributed by atoms with Crippen molar-refractivity contribution < 1.29 is 9.13 Å². The van der Waals surface area contributed by atoms with Gasteiger partial charge in [-0.3, -0.25) is 0 Å². The summed E-state index contributed by atoms with van der Waals surface area (Å²) in [6.45, 7) is 5.35. The molecular formula is C24H23FN6O. The number of hydrogen-bond donors (Lipinski definition) is 1. The zero-order chi connectivity index (χ0) is 22.2. The van der Waals surface area contributed by atoms with Crippen LogP contribution in [0.5, 0.6) is 0 Å². The first-order valence-electron chi connectivity index (χ1n) is 10.5. The van der Waals surface area contributed by atoms with Gasteiger partial charge in [0, 0.05) is 17.7 Å². The Kier molecular flexibility index (Phi) is 5.07. The predicted molar refractivity (Wildman–Crippen MR) is 122 cm³/mol. The van der Waals surface area contributed by atoms with E-state index in [9.17, 15) is 4.39 Å². The van der Waals surface area contributed by atoms with Crippen LogP contribution in [0.4, 0.5) is 10.2 Å². The molecule has 0 aliphatic carbocycles. The maximum atomic E-state index is 13.3. The van der Waals surface area contributed by atoms with Gasteiger partial charge in [0.1, 0.15) is 23.8 Å². The third kappa shape index (κ3) is 3.48. The van der Waals surface area contributed by atoms with Crippen molar-refractivity contribution in [1.82, 2.24) is 24.3 Å². The number of para-hydroxylation sites is 1. The Hall–Kier alpha value is -3.78. The Morgan fingerprint density at radius 1 is 1.06 bits per heavy atom. The van der Waals surface area contributed by atoms with Crippen molar-refractivity contribution in [2.75, 3.05) is 12.3 Å². The minimum Gasteiger partial charge on any atom is -0.382 e. The molecule has 0 radical (unpaired) electrons. The number of pyridine rings is 1. The number of halogens is 1. The van der Waals surface area contributed by atoms with Gasteiger partial charge in [0.25, 0.3) is 0 Å². The number of aryl methyl sites for hydroxylation is 1. The highest BCUT2D eigenvalue weighted by Crippen LogP contribution is 2.29. The maximum absolute atomic E-state index is 13.3. The summed E-state index contributed by atoms with van der Waals surface area (Å²) in [5.41, 5.74) is 11.3. The van der Waals surface area contributed by atoms with Gasteiger partial charge in [-0.1, -0.05) is 18.2 Å². The van der Waals surface area contributed by atoms with Crippen LogP contribution in [0.2, 0.25) is 0 Å². The van der Waals surface area contributed by atoms with Crippen LogP contribution >= 0.6 is 0 Å². The summed E-state index contributed by atoms with van der Waals surface area (Å²) in [4.78, 5) is 9.29. The van der Waals surface area contributed by atoms with Gasteiger partial charge in [-0.2, -0.15) is 5.10 Å². The van der Waals surface area contributed by atoms with Gasteiger partial charge in [0.05, 0.1) is 29.0 Å². The molecule has 2 N–H and O–H groups in total. The summed E-state index contributed by atoms with van der Waals surface area (Å²) in [5, 5.41) is 5.75. The number of nitrogens with zero attached hydrogens (tertiary/aromatic N) is 5. The van der Waals surface area contributed by atoms with E-state index >= 15 is 0 Å². The molecule has 7 nitrogen and oxygen atoms in total. The van der Waals surface area contributed by atoms with Crippen molar-refractivity contribution in [2.24, 2.45) is 0 Å². The SMILES string of the molecule is CCOCc1nc2c(N)nc3ccccc3c2n1Cc1cc(C)n(-c2ccc(F)cc2)n1. The van der Waals surface area contributed by atoms with E-state index in [2.05, 4.69) is 9.55 Å². The highest BCUT2D eigenvalue weighted by atomic mass is 19.1. The summed E-state index contributed by atoms with van der Waals surface area (Å²) in [6, 6.07) is 16.2. The van der Waals surface area contributed by atoms with Gasteiger partial charge in [-0.15, -0.1) is 0 Å². The van der Waals surface area contributed by atoms with Crippen molar-refractivity contribution in [1.29, 1.82) is 0 Å². The monoisotopic (exact) mass is 430 g/mol. The lowest BCUT2D eigenvalue weighted by atomic mass is 10.2. The van der Waals surface area contributed by atoms with Crippen LogP contribution in [0, 0.1) is 12.7 Å². The van der Waals surface area contributed by atoms with E-state index < -0.39 is 0 Å². The lowest BCUT2D eigenvalue weighted by Crippen LogP contribution is -2.08. The standard InChI is InChI=1S/C24H23FN6O/c1-3-32-14-21-28-22-23(19-6-4-5-7-20(19)27-24(22)26)30(21)13-17-12-15(2)31(29-17)18-10-8-16(25)9-11-18/h4-12H,3,13-14H2,1-2H3,(H2,26,27). The summed E-state index contributed by atoms with van der Waals surface area (Å²) in [5.74, 6) is 0.881. The molecule has 0 aliphatic rings. The Morgan fingerprint density at radius 2 is 1.84 bits per heavy atom. The first kappa shape index (κ1) is 20.1. The number of hydrogen-bond acceptors (Lipinski definition) is 5. The number of anilines is 1. The fourth-order valence-corrected chi connectivity index (χ4v) is 4.00. The largest absolute Gasteiger partial charge is 0.382 e. The van der Waals surface area contributed by atoms with Crippen molar-refractivity contribution in [3.63, 3.8) is 0 Å². The zero-order valence-electron chi connectivity index (χ0n) is 17.9. The van der Waals surface area contributed by atoms with Crippen molar-refractivity contribution in [3.05, 3.63) is 77.6 Å². The van der Waals surface area contributed by atoms with Gasteiger partial charge < -0.3 is 15.0 Å². The van der Waals surface area contributed by atoms with E-state index in [4.69, 9.17) is 20.6 Å². The fraction of sp³-hybridized carbons (Fsp3) is 0.208. The fourth-order valence-electron chi connectivity index (χ4n) is 4.00. The molecule has 0 unspecified atom stereocenters. The molecule has 5 rings (SSSR count). The van der Waals surface area contributed by atoms with Gasteiger partial charge in [0.2, 0.25) is 0 Å². The summed E-state index contributed by atoms with van der Waals surface area (Å²) in [7, 11) is 0. The molecule has 8 heteroatoms. The van der Waals surface area contributed by atoms with Crippen molar-refractivity contribution >= 4 is 27.8 Å². The molecule has 0 aliphatic heterocycles. The number of fused-ring (bicyclic) bond motifs is 3. The maximum Gasteiger partial charge on any atom is 0.152 e. The molecule has 0 bridgehead atoms. The van der Waals surface area contributed by atoms with Gasteiger partial charge in [-0.25, -0.2) is 19.0 Å². The molecule has 3 heterocycles. The van der Waals surface area contributed by atoms with Crippen LogP contribution in [-0.2, 0) is 17.9 Å². The summed E-state index contributed by atoms with van der Waals surface area (Å²) in [6.07, 6.45) is 0. The molecular weight excluding hydrogens is 407 g/mol. The Bertz CT molecular complexity index is 1420. The lowest BCUT2D eigenvalue weighted by molar-refractivity contribution is 0.126. The normalized spacial score (nSPS) is 11.6. The van der Waals surface area contributed by atoms with Crippen molar-refractivity contribution in [2.45, 2.75) is 27.0 Å². The van der Waals surface area contributed by atoms with E-state index in [0.717, 1.165) is 39.3 Å². The number of nitrogen functional groups attached to an aromatic ring is 1. The molecule has 0 saturated heterocycles. The van der Waals surface area contributed by atoms with Gasteiger partial charge in [-0.05, 0) is 50.2 Å². The Labute approximate surface area is 184 Å². The molecule has 0 fully saturated rings. The number of rotatable bonds is 6. The number of ether oxygens (including phenoxy) is 1. The third-order valence-corrected chi connectivity index (χ3v) is 5.45. The second-order valence-electron chi connectivity index (χ2n) is 7.63. The second kappa shape index (κ2) is 8.05. The first-order valence-corrected chi connectivity index (χ1v) is 10.5. The average Bonchev–Trinajstić information content (AvgIpc) is 3.34. The quantitative estimate of drug-likeness (QED) is 0.432. The van der Waals surface area contributed by atoms with E-state index in [-0.39, 0.29) is 5.82 Å². The minimum atomic E-state index is -0.276. The highest BCUT2D eigenvalue weighted by molar-refractivity contribution is 6.06. The number of imidazole rings is 1. The van der Waals surface area contributed by atoms with E-state index in [1.807, 2.05) is 48.9 Å². The molecule has 162 valence electrons. The van der Waals surface area contributed by atoms with Gasteiger partial charge >= 0.3 is 0 Å². The third-order valence-electron chi connectivity index (χ3n) is 5.45. The van der Waals surface area contributed by atoms with Crippen LogP contribution < -0.4 is 5.73 Å². The topological polar surface area (TPSA) is 83.8 Å². The molecule has 0 spiro atoms. The minimum absolute atomic E-state index is 0.276. The molecule has 32 heavy (non-hydrogen) atoms. The molecule has 2 aromatic carbocycles. The first-order chi connectivity index (χ1) is 15.5. The molecule has 0 saturated carbocycles. The van der Waals surface area contributed by atoms with Gasteiger partial charge in [0.15, 0.2) is 5.82 Å². The number of aromatic nitrogens is 5. The van der Waals surface area contributed by atoms with Crippen LogP contribution in [0.3, 0.4) is 0 Å². The smallest absolute Gasteiger partial charge is 0.152 e. The van der Waals surface area contributed by atoms with Crippen LogP contribution in [-0.4, -0.2) is 30.9 Å². The summed E-state index contributed by atoms with van der Waals surface area (Å²) >= 11 is 0. The van der Waals surface area contributed by atoms with Crippen LogP contribution in [0.25, 0.3) is 27.6 Å². The Balaban J connectivity index is 1.65. The highest BCUT2D eigenvalue weighted by Gasteiger charge is 2.19. The molecule has 0 atom stereocenters. The average molecular weight is 430 g/mol. The molecule has 5 aromatic rings. The van der Waals surface area contributed by atoms with Crippen LogP contribution in [0.1, 0.15) is 24.1 Å². The molecule has 0 amide bonds. The lowest BCUT2D eigenvalue weighted by Gasteiger charge is -2.10.